The summed E-state index contributed by atoms with van der Waals surface area (Å²) in [6.45, 7) is 8.58. The van der Waals surface area contributed by atoms with Crippen LogP contribution in [-0.4, -0.2) is 50.0 Å². The Bertz CT molecular complexity index is 606. The molecule has 0 saturated carbocycles. The van der Waals surface area contributed by atoms with Gasteiger partial charge in [0.05, 0.1) is 12.6 Å². The Morgan fingerprint density at radius 1 is 1.36 bits per heavy atom. The van der Waals surface area contributed by atoms with E-state index >= 15 is 0 Å². The van der Waals surface area contributed by atoms with Crippen LogP contribution in [0.2, 0.25) is 5.04 Å². The van der Waals surface area contributed by atoms with Crippen LogP contribution in [0.25, 0.3) is 0 Å². The Balaban J connectivity index is 1.88. The van der Waals surface area contributed by atoms with E-state index in [2.05, 4.69) is 33.0 Å². The van der Waals surface area contributed by atoms with Crippen LogP contribution in [-0.2, 0) is 16.1 Å². The van der Waals surface area contributed by atoms with Gasteiger partial charge in [0.1, 0.15) is 22.3 Å². The number of nitrogens with zero attached hydrogens (tertiary/aromatic N) is 1. The maximum absolute atomic E-state index is 12.4. The van der Waals surface area contributed by atoms with E-state index in [0.29, 0.717) is 5.92 Å². The van der Waals surface area contributed by atoms with E-state index in [-0.39, 0.29) is 30.2 Å². The normalized spacial score (nSPS) is 20.9. The average molecular weight is 365 g/mol. The van der Waals surface area contributed by atoms with Crippen molar-refractivity contribution in [1.29, 1.82) is 0 Å². The van der Waals surface area contributed by atoms with E-state index < -0.39 is 21.8 Å². The molecule has 0 aliphatic carbocycles. The second kappa shape index (κ2) is 8.01. The van der Waals surface area contributed by atoms with Gasteiger partial charge in [0.2, 0.25) is 5.91 Å². The van der Waals surface area contributed by atoms with Gasteiger partial charge in [-0.3, -0.25) is 4.79 Å². The minimum atomic E-state index is -0.890. The molecule has 0 aromatic heterocycles. The van der Waals surface area contributed by atoms with Gasteiger partial charge in [-0.25, -0.2) is 4.79 Å². The summed E-state index contributed by atoms with van der Waals surface area (Å²) in [7, 11) is -0.890. The lowest BCUT2D eigenvalue weighted by Gasteiger charge is -2.50. The third kappa shape index (κ3) is 4.61. The molecule has 1 aliphatic heterocycles. The summed E-state index contributed by atoms with van der Waals surface area (Å²) in [5.74, 6) is 0.338. The maximum atomic E-state index is 12.4. The molecule has 138 valence electrons. The highest BCUT2D eigenvalue weighted by molar-refractivity contribution is 6.42. The van der Waals surface area contributed by atoms with E-state index in [9.17, 15) is 14.7 Å². The predicted molar refractivity (Wildman–Crippen MR) is 98.7 cm³/mol. The molecule has 1 aromatic rings. The molecule has 2 N–H and O–H groups in total. The van der Waals surface area contributed by atoms with Crippen molar-refractivity contribution in [3.05, 3.63) is 35.9 Å². The zero-order valence-electron chi connectivity index (χ0n) is 15.4. The van der Waals surface area contributed by atoms with Crippen LogP contribution in [0.3, 0.4) is 0 Å². The topological polar surface area (TPSA) is 78.9 Å². The third-order valence-corrected chi connectivity index (χ3v) is 7.90. The van der Waals surface area contributed by atoms with Gasteiger partial charge in [-0.2, -0.15) is 0 Å². The van der Waals surface area contributed by atoms with Crippen LogP contribution in [0.1, 0.15) is 33.3 Å². The van der Waals surface area contributed by atoms with Gasteiger partial charge in [-0.1, -0.05) is 58.0 Å². The van der Waals surface area contributed by atoms with E-state index in [0.717, 1.165) is 5.56 Å². The summed E-state index contributed by atoms with van der Waals surface area (Å²) in [4.78, 5) is 24.4. The van der Waals surface area contributed by atoms with E-state index in [4.69, 9.17) is 4.74 Å². The monoisotopic (exact) mass is 364 g/mol. The number of aliphatic hydroxyl groups is 1. The van der Waals surface area contributed by atoms with E-state index in [1.807, 2.05) is 30.3 Å². The molecule has 1 saturated heterocycles. The van der Waals surface area contributed by atoms with Gasteiger partial charge in [-0.05, 0) is 16.5 Å². The predicted octanol–water partition coefficient (Wildman–Crippen LogP) is 1.42. The van der Waals surface area contributed by atoms with Crippen molar-refractivity contribution >= 4 is 21.7 Å². The van der Waals surface area contributed by atoms with Crippen LogP contribution in [0, 0.1) is 5.92 Å². The summed E-state index contributed by atoms with van der Waals surface area (Å²) in [5, 5.41) is 12.3. The van der Waals surface area contributed by atoms with Crippen LogP contribution in [0.4, 0.5) is 4.79 Å². The average Bonchev–Trinajstić information content (AvgIpc) is 2.59. The minimum absolute atomic E-state index is 0.0713. The lowest BCUT2D eigenvalue weighted by atomic mass is 9.99. The fraction of sp³-hybridized carbons (Fsp3) is 0.556. The molecule has 1 aliphatic rings. The SMILES string of the molecule is CC(C)C(C)(C)[SiH2]N1C(=O)C(NC(=O)OCc2ccccc2)C1CO. The first kappa shape index (κ1) is 19.5. The van der Waals surface area contributed by atoms with Crippen molar-refractivity contribution in [2.45, 2.75) is 51.4 Å². The number of hydrogen-bond acceptors (Lipinski definition) is 4. The lowest BCUT2D eigenvalue weighted by Crippen LogP contribution is -2.73. The van der Waals surface area contributed by atoms with Crippen LogP contribution in [0.5, 0.6) is 0 Å². The quantitative estimate of drug-likeness (QED) is 0.567. The first-order valence-corrected chi connectivity index (χ1v) is 9.98. The zero-order chi connectivity index (χ0) is 18.6. The number of nitrogens with one attached hydrogen (secondary N) is 1. The van der Waals surface area contributed by atoms with E-state index in [1.165, 1.54) is 0 Å². The van der Waals surface area contributed by atoms with Gasteiger partial charge in [0.15, 0.2) is 0 Å². The number of β-lactam (4-membered cyclic amide) rings is 1. The highest BCUT2D eigenvalue weighted by Gasteiger charge is 2.49. The standard InChI is InChI=1S/C18H28N2O4Si/c1-12(2)18(3,4)25-20-14(10-21)15(16(20)22)19-17(23)24-11-13-8-6-5-7-9-13/h5-9,12,14-15,21H,10-11,25H2,1-4H3,(H,19,23). The molecular formula is C18H28N2O4Si. The smallest absolute Gasteiger partial charge is 0.408 e. The first-order chi connectivity index (χ1) is 11.8. The zero-order valence-corrected chi connectivity index (χ0v) is 16.8. The number of aliphatic hydroxyl groups excluding tert-OH is 1. The van der Waals surface area contributed by atoms with Crippen molar-refractivity contribution < 1.29 is 19.4 Å². The Hall–Kier alpha value is -1.86. The van der Waals surface area contributed by atoms with Gasteiger partial charge < -0.3 is 19.7 Å². The Morgan fingerprint density at radius 2 is 2.00 bits per heavy atom. The Labute approximate surface area is 151 Å². The van der Waals surface area contributed by atoms with Crippen LogP contribution in [0.15, 0.2) is 30.3 Å². The van der Waals surface area contributed by atoms with Crippen molar-refractivity contribution in [2.75, 3.05) is 6.61 Å². The van der Waals surface area contributed by atoms with Gasteiger partial charge in [0, 0.05) is 0 Å². The van der Waals surface area contributed by atoms with Crippen molar-refractivity contribution in [3.8, 4) is 0 Å². The molecular weight excluding hydrogens is 336 g/mol. The maximum Gasteiger partial charge on any atom is 0.408 e. The lowest BCUT2D eigenvalue weighted by molar-refractivity contribution is -0.144. The molecule has 7 heteroatoms. The molecule has 1 aromatic carbocycles. The molecule has 1 fully saturated rings. The van der Waals surface area contributed by atoms with Crippen molar-refractivity contribution in [2.24, 2.45) is 5.92 Å². The second-order valence-corrected chi connectivity index (χ2v) is 10.4. The molecule has 6 nitrogen and oxygen atoms in total. The molecule has 2 atom stereocenters. The first-order valence-electron chi connectivity index (χ1n) is 8.65. The molecule has 2 unspecified atom stereocenters. The molecule has 2 rings (SSSR count). The summed E-state index contributed by atoms with van der Waals surface area (Å²) >= 11 is 0. The van der Waals surface area contributed by atoms with Crippen molar-refractivity contribution in [1.82, 2.24) is 9.88 Å². The van der Waals surface area contributed by atoms with E-state index in [1.54, 1.807) is 4.57 Å². The van der Waals surface area contributed by atoms with Gasteiger partial charge in [-0.15, -0.1) is 0 Å². The summed E-state index contributed by atoms with van der Waals surface area (Å²) < 4.78 is 6.94. The number of amides is 2. The highest BCUT2D eigenvalue weighted by Crippen LogP contribution is 2.36. The number of benzene rings is 1. The number of carbonyl (C=O) groups is 2. The molecule has 0 bridgehead atoms. The summed E-state index contributed by atoms with van der Waals surface area (Å²) in [5.41, 5.74) is 0.879. The molecule has 25 heavy (non-hydrogen) atoms. The highest BCUT2D eigenvalue weighted by atomic mass is 28.2. The van der Waals surface area contributed by atoms with Gasteiger partial charge >= 0.3 is 6.09 Å². The fourth-order valence-corrected chi connectivity index (χ4v) is 4.83. The molecule has 0 spiro atoms. The number of rotatable bonds is 7. The van der Waals surface area contributed by atoms with Gasteiger partial charge in [0.25, 0.3) is 0 Å². The number of hydrogen-bond donors (Lipinski definition) is 2. The molecule has 2 amide bonds. The Morgan fingerprint density at radius 3 is 2.56 bits per heavy atom. The number of carbonyl (C=O) groups excluding carboxylic acids is 2. The number of ether oxygens (including phenoxy) is 1. The summed E-state index contributed by atoms with van der Waals surface area (Å²) in [6, 6.07) is 8.31. The van der Waals surface area contributed by atoms with Crippen molar-refractivity contribution in [3.63, 3.8) is 0 Å². The largest absolute Gasteiger partial charge is 0.445 e. The summed E-state index contributed by atoms with van der Waals surface area (Å²) in [6.07, 6.45) is -0.634. The second-order valence-electron chi connectivity index (χ2n) is 7.54. The third-order valence-electron chi connectivity index (χ3n) is 5.15. The number of alkyl carbamates (subject to hydrolysis) is 1. The molecule has 1 heterocycles. The van der Waals surface area contributed by atoms with Crippen LogP contribution >= 0.6 is 0 Å². The fourth-order valence-electron chi connectivity index (χ4n) is 2.67. The Kier molecular flexibility index (Phi) is 6.24. The minimum Gasteiger partial charge on any atom is -0.445 e. The van der Waals surface area contributed by atoms with Crippen LogP contribution < -0.4 is 5.32 Å². The molecule has 0 radical (unpaired) electrons.